The van der Waals surface area contributed by atoms with Crippen molar-refractivity contribution >= 4 is 35.6 Å². The summed E-state index contributed by atoms with van der Waals surface area (Å²) in [4.78, 5) is 76.7. The molecule has 4 amide bonds. The summed E-state index contributed by atoms with van der Waals surface area (Å²) < 4.78 is 0. The molecular weight excluding hydrogens is 442 g/mol. The smallest absolute Gasteiger partial charge is 0.322 e. The highest BCUT2D eigenvalue weighted by atomic mass is 16.4. The molecule has 1 aromatic rings. The van der Waals surface area contributed by atoms with Crippen LogP contribution in [0.2, 0.25) is 0 Å². The number of aromatic amines is 1. The second kappa shape index (κ2) is 13.4. The van der Waals surface area contributed by atoms with Crippen LogP contribution in [0.5, 0.6) is 0 Å². The van der Waals surface area contributed by atoms with Crippen molar-refractivity contribution in [2.75, 3.05) is 6.54 Å². The van der Waals surface area contributed by atoms with Crippen molar-refractivity contribution in [2.24, 2.45) is 11.5 Å². The molecular formula is C18H27N7O8. The second-order valence-electron chi connectivity index (χ2n) is 7.06. The molecule has 0 aliphatic heterocycles. The van der Waals surface area contributed by atoms with Crippen LogP contribution in [-0.2, 0) is 35.2 Å². The zero-order chi connectivity index (χ0) is 25.0. The van der Waals surface area contributed by atoms with Gasteiger partial charge in [-0.3, -0.25) is 28.8 Å². The third-order valence-electron chi connectivity index (χ3n) is 4.34. The highest BCUT2D eigenvalue weighted by Crippen LogP contribution is 2.04. The van der Waals surface area contributed by atoms with Crippen molar-refractivity contribution in [1.82, 2.24) is 25.9 Å². The van der Waals surface area contributed by atoms with E-state index in [9.17, 15) is 28.8 Å². The van der Waals surface area contributed by atoms with E-state index >= 15 is 0 Å². The number of hydrogen-bond acceptors (Lipinski definition) is 8. The number of aliphatic carboxylic acids is 2. The molecule has 0 bridgehead atoms. The normalized spacial score (nSPS) is 13.2. The van der Waals surface area contributed by atoms with Gasteiger partial charge >= 0.3 is 11.9 Å². The Kier molecular flexibility index (Phi) is 11.0. The zero-order valence-corrected chi connectivity index (χ0v) is 17.6. The maximum atomic E-state index is 12.7. The summed E-state index contributed by atoms with van der Waals surface area (Å²) in [7, 11) is 0. The van der Waals surface area contributed by atoms with E-state index in [2.05, 4.69) is 20.6 Å². The Hall–Kier alpha value is -4.01. The van der Waals surface area contributed by atoms with Crippen LogP contribution < -0.4 is 27.4 Å². The van der Waals surface area contributed by atoms with E-state index < -0.39 is 66.7 Å². The lowest BCUT2D eigenvalue weighted by Crippen LogP contribution is -2.56. The lowest BCUT2D eigenvalue weighted by molar-refractivity contribution is -0.140. The number of primary amides is 1. The molecule has 0 saturated carbocycles. The Balaban J connectivity index is 2.89. The number of carboxylic acids is 2. The second-order valence-corrected chi connectivity index (χ2v) is 7.06. The fourth-order valence-electron chi connectivity index (χ4n) is 2.65. The molecule has 3 atom stereocenters. The summed E-state index contributed by atoms with van der Waals surface area (Å²) in [6.07, 6.45) is 1.60. The lowest BCUT2D eigenvalue weighted by Gasteiger charge is -2.23. The largest absolute Gasteiger partial charge is 0.481 e. The number of nitrogens with two attached hydrogens (primary N) is 2. The fraction of sp³-hybridized carbons (Fsp3) is 0.500. The molecule has 10 N–H and O–H groups in total. The molecule has 0 fully saturated rings. The van der Waals surface area contributed by atoms with Crippen LogP contribution in [-0.4, -0.2) is 80.4 Å². The molecule has 0 radical (unpaired) electrons. The minimum absolute atomic E-state index is 0.0782. The SMILES string of the molecule is NC(=O)CCC(NC(=O)C(N)Cc1cnc[nH]1)C(=O)NC(CCC(=O)O)C(=O)NCC(=O)O. The van der Waals surface area contributed by atoms with Gasteiger partial charge < -0.3 is 42.6 Å². The molecule has 0 aliphatic carbocycles. The van der Waals surface area contributed by atoms with Gasteiger partial charge in [0.05, 0.1) is 12.4 Å². The van der Waals surface area contributed by atoms with Crippen LogP contribution in [0.1, 0.15) is 31.4 Å². The van der Waals surface area contributed by atoms with E-state index in [1.54, 1.807) is 0 Å². The van der Waals surface area contributed by atoms with Crippen LogP contribution in [0.15, 0.2) is 12.5 Å². The zero-order valence-electron chi connectivity index (χ0n) is 17.6. The predicted octanol–water partition coefficient (Wildman–Crippen LogP) is -3.42. The van der Waals surface area contributed by atoms with Crippen LogP contribution in [0.4, 0.5) is 0 Å². The van der Waals surface area contributed by atoms with E-state index in [1.165, 1.54) is 12.5 Å². The van der Waals surface area contributed by atoms with Gasteiger partial charge in [0.1, 0.15) is 18.6 Å². The molecule has 15 heteroatoms. The molecule has 1 rings (SSSR count). The van der Waals surface area contributed by atoms with Crippen molar-refractivity contribution in [3.05, 3.63) is 18.2 Å². The Bertz CT molecular complexity index is 858. The minimum atomic E-state index is -1.40. The van der Waals surface area contributed by atoms with E-state index in [0.717, 1.165) is 0 Å². The highest BCUT2D eigenvalue weighted by Gasteiger charge is 2.29. The maximum absolute atomic E-state index is 12.7. The molecule has 0 aromatic carbocycles. The number of imidazole rings is 1. The highest BCUT2D eigenvalue weighted by molar-refractivity contribution is 5.94. The lowest BCUT2D eigenvalue weighted by atomic mass is 10.1. The molecule has 15 nitrogen and oxygen atoms in total. The van der Waals surface area contributed by atoms with Gasteiger partial charge in [0.15, 0.2) is 0 Å². The van der Waals surface area contributed by atoms with Gasteiger partial charge in [-0.25, -0.2) is 4.98 Å². The first-order valence-corrected chi connectivity index (χ1v) is 9.82. The maximum Gasteiger partial charge on any atom is 0.322 e. The minimum Gasteiger partial charge on any atom is -0.481 e. The molecule has 1 heterocycles. The third kappa shape index (κ3) is 10.7. The summed E-state index contributed by atoms with van der Waals surface area (Å²) in [6, 6.07) is -3.80. The first-order chi connectivity index (χ1) is 15.5. The van der Waals surface area contributed by atoms with Crippen LogP contribution in [0, 0.1) is 0 Å². The Morgan fingerprint density at radius 3 is 2.09 bits per heavy atom. The summed E-state index contributed by atoms with van der Waals surface area (Å²) in [5.74, 6) is -5.90. The monoisotopic (exact) mass is 469 g/mol. The van der Waals surface area contributed by atoms with E-state index in [-0.39, 0.29) is 25.7 Å². The number of carbonyl (C=O) groups excluding carboxylic acids is 4. The number of aromatic nitrogens is 2. The number of hydrogen-bond donors (Lipinski definition) is 8. The van der Waals surface area contributed by atoms with Gasteiger partial charge in [-0.05, 0) is 12.8 Å². The average Bonchev–Trinajstić information content (AvgIpc) is 3.24. The Morgan fingerprint density at radius 1 is 0.939 bits per heavy atom. The van der Waals surface area contributed by atoms with Crippen LogP contribution >= 0.6 is 0 Å². The third-order valence-corrected chi connectivity index (χ3v) is 4.34. The topological polar surface area (TPSA) is 260 Å². The van der Waals surface area contributed by atoms with Gasteiger partial charge in [-0.2, -0.15) is 0 Å². The van der Waals surface area contributed by atoms with E-state index in [0.29, 0.717) is 5.69 Å². The quantitative estimate of drug-likeness (QED) is 0.126. The molecule has 1 aromatic heterocycles. The number of carbonyl (C=O) groups is 6. The van der Waals surface area contributed by atoms with Gasteiger partial charge in [0, 0.05) is 31.2 Å². The summed E-state index contributed by atoms with van der Waals surface area (Å²) in [5.41, 5.74) is 11.5. The molecule has 3 unspecified atom stereocenters. The number of H-pyrrole nitrogens is 1. The molecule has 0 spiro atoms. The van der Waals surface area contributed by atoms with Gasteiger partial charge in [-0.15, -0.1) is 0 Å². The molecule has 0 saturated heterocycles. The fourth-order valence-corrected chi connectivity index (χ4v) is 2.65. The number of rotatable bonds is 15. The van der Waals surface area contributed by atoms with Gasteiger partial charge in [-0.1, -0.05) is 0 Å². The number of carboxylic acid groups (broad SMARTS) is 2. The standard InChI is InChI=1S/C18H27N7O8/c19-10(5-9-6-21-8-23-9)16(31)24-12(1-3-13(20)26)18(33)25-11(2-4-14(27)28)17(32)22-7-15(29)30/h6,8,10-12H,1-5,7,19H2,(H2,20,26)(H,21,23)(H,22,32)(H,24,31)(H,25,33)(H,27,28)(H,29,30). The van der Waals surface area contributed by atoms with Crippen LogP contribution in [0.3, 0.4) is 0 Å². The summed E-state index contributed by atoms with van der Waals surface area (Å²) in [6.45, 7) is -0.747. The Morgan fingerprint density at radius 2 is 1.55 bits per heavy atom. The van der Waals surface area contributed by atoms with Crippen molar-refractivity contribution in [3.8, 4) is 0 Å². The van der Waals surface area contributed by atoms with Crippen molar-refractivity contribution in [2.45, 2.75) is 50.2 Å². The predicted molar refractivity (Wildman–Crippen MR) is 110 cm³/mol. The molecule has 182 valence electrons. The van der Waals surface area contributed by atoms with Crippen molar-refractivity contribution in [3.63, 3.8) is 0 Å². The average molecular weight is 469 g/mol. The van der Waals surface area contributed by atoms with Gasteiger partial charge in [0.2, 0.25) is 23.6 Å². The number of amides is 4. The van der Waals surface area contributed by atoms with Gasteiger partial charge in [0.25, 0.3) is 0 Å². The summed E-state index contributed by atoms with van der Waals surface area (Å²) >= 11 is 0. The number of nitrogens with one attached hydrogen (secondary N) is 4. The first kappa shape index (κ1) is 27.0. The number of nitrogens with zero attached hydrogens (tertiary/aromatic N) is 1. The van der Waals surface area contributed by atoms with Crippen molar-refractivity contribution in [1.29, 1.82) is 0 Å². The molecule has 0 aliphatic rings. The molecule has 33 heavy (non-hydrogen) atoms. The van der Waals surface area contributed by atoms with E-state index in [1.807, 2.05) is 5.32 Å². The Labute approximate surface area is 187 Å². The van der Waals surface area contributed by atoms with Crippen LogP contribution in [0.25, 0.3) is 0 Å². The summed E-state index contributed by atoms with van der Waals surface area (Å²) in [5, 5.41) is 24.3. The van der Waals surface area contributed by atoms with Crippen molar-refractivity contribution < 1.29 is 39.0 Å². The first-order valence-electron chi connectivity index (χ1n) is 9.82. The van der Waals surface area contributed by atoms with E-state index in [4.69, 9.17) is 21.7 Å².